The Labute approximate surface area is 141 Å². The first-order valence-corrected chi connectivity index (χ1v) is 7.92. The zero-order valence-electron chi connectivity index (χ0n) is 14.6. The molecule has 0 bridgehead atoms. The molecule has 2 rings (SSSR count). The first kappa shape index (κ1) is 17.9. The molecule has 0 aliphatic rings. The molecule has 0 spiro atoms. The van der Waals surface area contributed by atoms with Crippen LogP contribution in [0.25, 0.3) is 0 Å². The molecule has 2 aromatic rings. The second-order valence-electron chi connectivity index (χ2n) is 7.19. The second kappa shape index (κ2) is 6.97. The summed E-state index contributed by atoms with van der Waals surface area (Å²) in [5.74, 6) is 0. The Morgan fingerprint density at radius 2 is 1.75 bits per heavy atom. The van der Waals surface area contributed by atoms with Gasteiger partial charge in [-0.15, -0.1) is 0 Å². The normalized spacial score (nSPS) is 12.8. The van der Waals surface area contributed by atoms with Crippen molar-refractivity contribution >= 4 is 5.69 Å². The lowest BCUT2D eigenvalue weighted by Crippen LogP contribution is -3.07. The molecule has 1 unspecified atom stereocenters. The molecule has 0 aliphatic heterocycles. The molecule has 0 saturated carbocycles. The van der Waals surface area contributed by atoms with E-state index in [4.69, 9.17) is 0 Å². The van der Waals surface area contributed by atoms with Crippen LogP contribution in [0.15, 0.2) is 47.4 Å². The average molecular weight is 330 g/mol. The van der Waals surface area contributed by atoms with Crippen LogP contribution in [0, 0.1) is 10.1 Å². The molecule has 6 heteroatoms. The van der Waals surface area contributed by atoms with Gasteiger partial charge in [0.15, 0.2) is 6.67 Å². The van der Waals surface area contributed by atoms with E-state index in [2.05, 4.69) is 45.0 Å². The highest BCUT2D eigenvalue weighted by Gasteiger charge is 2.14. The van der Waals surface area contributed by atoms with Crippen LogP contribution in [0.3, 0.4) is 0 Å². The van der Waals surface area contributed by atoms with E-state index in [0.717, 1.165) is 11.4 Å². The van der Waals surface area contributed by atoms with Crippen LogP contribution in [-0.2, 0) is 18.6 Å². The first-order chi connectivity index (χ1) is 11.2. The van der Waals surface area contributed by atoms with Gasteiger partial charge in [-0.3, -0.25) is 19.5 Å². The molecule has 6 nitrogen and oxygen atoms in total. The Balaban J connectivity index is 2.08. The standard InChI is InChI=1S/C18H23N3O3/c1-18(2,3)15-7-5-14(6-8-15)11-19(4)13-20-12-16(21(23)24)9-10-17(20)22/h5-10,12H,11,13H2,1-4H3/p+1. The predicted octanol–water partition coefficient (Wildman–Crippen LogP) is 1.73. The molecule has 1 aromatic carbocycles. The molecular weight excluding hydrogens is 306 g/mol. The number of hydrogen-bond acceptors (Lipinski definition) is 3. The van der Waals surface area contributed by atoms with Gasteiger partial charge in [0, 0.05) is 17.7 Å². The Kier molecular flexibility index (Phi) is 5.19. The predicted molar refractivity (Wildman–Crippen MR) is 93.1 cm³/mol. The van der Waals surface area contributed by atoms with Gasteiger partial charge in [-0.05, 0) is 11.0 Å². The van der Waals surface area contributed by atoms with Crippen molar-refractivity contribution in [3.8, 4) is 0 Å². The van der Waals surface area contributed by atoms with Gasteiger partial charge in [-0.1, -0.05) is 45.0 Å². The zero-order chi connectivity index (χ0) is 17.9. The Morgan fingerprint density at radius 3 is 2.29 bits per heavy atom. The fourth-order valence-electron chi connectivity index (χ4n) is 2.57. The molecule has 24 heavy (non-hydrogen) atoms. The fraction of sp³-hybridized carbons (Fsp3) is 0.389. The van der Waals surface area contributed by atoms with Crippen LogP contribution in [0.1, 0.15) is 31.9 Å². The van der Waals surface area contributed by atoms with Gasteiger partial charge >= 0.3 is 0 Å². The highest BCUT2D eigenvalue weighted by atomic mass is 16.6. The maximum atomic E-state index is 11.9. The summed E-state index contributed by atoms with van der Waals surface area (Å²) in [6, 6.07) is 10.9. The van der Waals surface area contributed by atoms with Crippen LogP contribution in [0.4, 0.5) is 5.69 Å². The maximum Gasteiger partial charge on any atom is 0.285 e. The molecule has 0 radical (unpaired) electrons. The minimum absolute atomic E-state index is 0.0723. The summed E-state index contributed by atoms with van der Waals surface area (Å²) >= 11 is 0. The van der Waals surface area contributed by atoms with Crippen molar-refractivity contribution in [1.82, 2.24) is 4.57 Å². The van der Waals surface area contributed by atoms with Crippen molar-refractivity contribution in [2.75, 3.05) is 7.05 Å². The van der Waals surface area contributed by atoms with Gasteiger partial charge in [-0.2, -0.15) is 0 Å². The third-order valence-electron chi connectivity index (χ3n) is 3.94. The monoisotopic (exact) mass is 330 g/mol. The average Bonchev–Trinajstić information content (AvgIpc) is 2.48. The van der Waals surface area contributed by atoms with Gasteiger partial charge < -0.3 is 4.90 Å². The molecule has 0 aliphatic carbocycles. The summed E-state index contributed by atoms with van der Waals surface area (Å²) in [4.78, 5) is 23.3. The van der Waals surface area contributed by atoms with Gasteiger partial charge in [-0.25, -0.2) is 0 Å². The van der Waals surface area contributed by atoms with E-state index in [1.54, 1.807) is 0 Å². The van der Waals surface area contributed by atoms with Gasteiger partial charge in [0.25, 0.3) is 11.2 Å². The highest BCUT2D eigenvalue weighted by Crippen LogP contribution is 2.21. The largest absolute Gasteiger partial charge is 0.316 e. The van der Waals surface area contributed by atoms with Crippen molar-refractivity contribution < 1.29 is 9.82 Å². The molecule has 1 N–H and O–H groups in total. The number of aromatic nitrogens is 1. The number of nitrogens with one attached hydrogen (secondary N) is 1. The number of benzene rings is 1. The Bertz CT molecular complexity index is 773. The molecule has 1 aromatic heterocycles. The van der Waals surface area contributed by atoms with E-state index in [1.165, 1.54) is 34.0 Å². The van der Waals surface area contributed by atoms with Crippen molar-refractivity contribution in [3.63, 3.8) is 0 Å². The second-order valence-corrected chi connectivity index (χ2v) is 7.19. The smallest absolute Gasteiger partial charge is 0.285 e. The number of rotatable bonds is 5. The molecule has 0 fully saturated rings. The van der Waals surface area contributed by atoms with Crippen molar-refractivity contribution in [3.05, 3.63) is 74.2 Å². The van der Waals surface area contributed by atoms with Crippen molar-refractivity contribution in [1.29, 1.82) is 0 Å². The van der Waals surface area contributed by atoms with Crippen molar-refractivity contribution in [2.45, 2.75) is 39.4 Å². The molecule has 0 saturated heterocycles. The maximum absolute atomic E-state index is 11.9. The van der Waals surface area contributed by atoms with E-state index in [0.29, 0.717) is 6.67 Å². The number of hydrogen-bond donors (Lipinski definition) is 1. The van der Waals surface area contributed by atoms with Gasteiger partial charge in [0.05, 0.1) is 18.2 Å². The summed E-state index contributed by atoms with van der Waals surface area (Å²) in [6.07, 6.45) is 1.30. The summed E-state index contributed by atoms with van der Waals surface area (Å²) in [7, 11) is 1.96. The Hall–Kier alpha value is -2.47. The first-order valence-electron chi connectivity index (χ1n) is 7.92. The van der Waals surface area contributed by atoms with Gasteiger partial charge in [0.2, 0.25) is 0 Å². The minimum atomic E-state index is -0.490. The van der Waals surface area contributed by atoms with E-state index < -0.39 is 4.92 Å². The van der Waals surface area contributed by atoms with Crippen LogP contribution >= 0.6 is 0 Å². The summed E-state index contributed by atoms with van der Waals surface area (Å²) < 4.78 is 1.39. The van der Waals surface area contributed by atoms with Crippen LogP contribution in [-0.4, -0.2) is 16.5 Å². The van der Waals surface area contributed by atoms with E-state index in [1.807, 2.05) is 7.05 Å². The lowest BCUT2D eigenvalue weighted by molar-refractivity contribution is -0.917. The molecular formula is C18H24N3O3+. The number of nitro groups is 1. The molecule has 128 valence electrons. The number of quaternary nitrogens is 1. The third-order valence-corrected chi connectivity index (χ3v) is 3.94. The minimum Gasteiger partial charge on any atom is -0.316 e. The lowest BCUT2D eigenvalue weighted by atomic mass is 9.87. The zero-order valence-corrected chi connectivity index (χ0v) is 14.6. The SMILES string of the molecule is C[NH+](Cc1ccc(C(C)(C)C)cc1)Cn1cc([N+](=O)[O-])ccc1=O. The van der Waals surface area contributed by atoms with E-state index in [-0.39, 0.29) is 16.7 Å². The topological polar surface area (TPSA) is 69.6 Å². The molecule has 0 amide bonds. The quantitative estimate of drug-likeness (QED) is 0.670. The molecule has 1 atom stereocenters. The Morgan fingerprint density at radius 1 is 1.12 bits per heavy atom. The third kappa shape index (κ3) is 4.52. The number of pyridine rings is 1. The summed E-state index contributed by atoms with van der Waals surface area (Å²) in [6.45, 7) is 7.64. The fourth-order valence-corrected chi connectivity index (χ4v) is 2.57. The lowest BCUT2D eigenvalue weighted by Gasteiger charge is -2.20. The van der Waals surface area contributed by atoms with Crippen LogP contribution < -0.4 is 10.5 Å². The van der Waals surface area contributed by atoms with Crippen molar-refractivity contribution in [2.24, 2.45) is 0 Å². The van der Waals surface area contributed by atoms with E-state index in [9.17, 15) is 14.9 Å². The highest BCUT2D eigenvalue weighted by molar-refractivity contribution is 5.27. The summed E-state index contributed by atoms with van der Waals surface area (Å²) in [5, 5.41) is 10.8. The van der Waals surface area contributed by atoms with Crippen LogP contribution in [0.5, 0.6) is 0 Å². The van der Waals surface area contributed by atoms with Crippen LogP contribution in [0.2, 0.25) is 0 Å². The van der Waals surface area contributed by atoms with E-state index >= 15 is 0 Å². The summed E-state index contributed by atoms with van der Waals surface area (Å²) in [5.41, 5.74) is 2.26. The molecule has 1 heterocycles. The number of nitrogens with zero attached hydrogens (tertiary/aromatic N) is 2. The van der Waals surface area contributed by atoms with Gasteiger partial charge in [0.1, 0.15) is 6.54 Å².